The topological polar surface area (TPSA) is 66.6 Å². The Hall–Kier alpha value is -0.610. The van der Waals surface area contributed by atoms with E-state index in [1.807, 2.05) is 13.8 Å². The van der Waals surface area contributed by atoms with Crippen LogP contribution in [0.1, 0.15) is 46.5 Å². The van der Waals surface area contributed by atoms with Crippen molar-refractivity contribution in [1.82, 2.24) is 4.90 Å². The van der Waals surface area contributed by atoms with Crippen molar-refractivity contribution in [3.05, 3.63) is 0 Å². The van der Waals surface area contributed by atoms with Crippen LogP contribution in [0.2, 0.25) is 0 Å². The van der Waals surface area contributed by atoms with Crippen LogP contribution in [0.15, 0.2) is 0 Å². The predicted octanol–water partition coefficient (Wildman–Crippen LogP) is 1.37. The summed E-state index contributed by atoms with van der Waals surface area (Å²) in [5, 5.41) is 10.1. The molecule has 0 aromatic carbocycles. The molecule has 1 atom stereocenters. The molecule has 18 heavy (non-hydrogen) atoms. The highest BCUT2D eigenvalue weighted by Gasteiger charge is 2.45. The summed E-state index contributed by atoms with van der Waals surface area (Å²) >= 11 is 0. The van der Waals surface area contributed by atoms with Gasteiger partial charge in [-0.2, -0.15) is 0 Å². The van der Waals surface area contributed by atoms with Crippen molar-refractivity contribution in [2.45, 2.75) is 52.1 Å². The van der Waals surface area contributed by atoms with Crippen molar-refractivity contribution < 1.29 is 9.90 Å². The van der Waals surface area contributed by atoms with Gasteiger partial charge in [-0.15, -0.1) is 0 Å². The monoisotopic (exact) mass is 256 g/mol. The van der Waals surface area contributed by atoms with E-state index >= 15 is 0 Å². The fraction of sp³-hybridized carbons (Fsp3) is 0.929. The molecule has 1 aliphatic heterocycles. The number of carbonyl (C=O) groups excluding carboxylic acids is 1. The summed E-state index contributed by atoms with van der Waals surface area (Å²) in [5.41, 5.74) is 4.89. The number of amides is 1. The number of nitrogens with zero attached hydrogens (tertiary/aromatic N) is 1. The van der Waals surface area contributed by atoms with Gasteiger partial charge in [0.15, 0.2) is 0 Å². The molecular weight excluding hydrogens is 228 g/mol. The van der Waals surface area contributed by atoms with Gasteiger partial charge in [0.1, 0.15) is 5.60 Å². The van der Waals surface area contributed by atoms with Crippen LogP contribution in [0.5, 0.6) is 0 Å². The van der Waals surface area contributed by atoms with E-state index in [9.17, 15) is 9.90 Å². The predicted molar refractivity (Wildman–Crippen MR) is 73.1 cm³/mol. The normalized spacial score (nSPS) is 19.8. The largest absolute Gasteiger partial charge is 0.386 e. The average molecular weight is 256 g/mol. The van der Waals surface area contributed by atoms with E-state index in [1.54, 1.807) is 4.90 Å². The molecule has 4 heteroatoms. The summed E-state index contributed by atoms with van der Waals surface area (Å²) in [5.74, 6) is 0.946. The van der Waals surface area contributed by atoms with Gasteiger partial charge in [-0.25, -0.2) is 0 Å². The molecule has 3 N–H and O–H groups in total. The van der Waals surface area contributed by atoms with Crippen LogP contribution < -0.4 is 5.73 Å². The first kappa shape index (κ1) is 15.4. The Kier molecular flexibility index (Phi) is 5.60. The second-order valence-corrected chi connectivity index (χ2v) is 5.90. The van der Waals surface area contributed by atoms with Gasteiger partial charge in [0.2, 0.25) is 5.91 Å². The molecule has 1 aliphatic rings. The SMILES string of the molecule is CCC(CCN)CCC(=O)N1CC(O)(C(C)C)C1. The van der Waals surface area contributed by atoms with E-state index in [-0.39, 0.29) is 11.8 Å². The van der Waals surface area contributed by atoms with Crippen molar-refractivity contribution in [2.24, 2.45) is 17.6 Å². The standard InChI is InChI=1S/C14H28N2O2/c1-4-12(7-8-15)5-6-13(17)16-9-14(18,10-16)11(2)3/h11-12,18H,4-10,15H2,1-3H3. The van der Waals surface area contributed by atoms with Gasteiger partial charge in [0.05, 0.1) is 13.1 Å². The van der Waals surface area contributed by atoms with Crippen LogP contribution in [-0.2, 0) is 4.79 Å². The Balaban J connectivity index is 2.27. The number of hydrogen-bond donors (Lipinski definition) is 2. The molecule has 1 saturated heterocycles. The molecule has 1 amide bonds. The summed E-state index contributed by atoms with van der Waals surface area (Å²) in [6.07, 6.45) is 3.59. The number of rotatable bonds is 7. The summed E-state index contributed by atoms with van der Waals surface area (Å²) < 4.78 is 0. The highest BCUT2D eigenvalue weighted by atomic mass is 16.3. The van der Waals surface area contributed by atoms with Crippen molar-refractivity contribution in [3.8, 4) is 0 Å². The minimum Gasteiger partial charge on any atom is -0.386 e. The fourth-order valence-corrected chi connectivity index (χ4v) is 2.43. The van der Waals surface area contributed by atoms with Gasteiger partial charge in [-0.05, 0) is 31.2 Å². The zero-order valence-electron chi connectivity index (χ0n) is 12.0. The Bertz CT molecular complexity index is 273. The molecule has 106 valence electrons. The van der Waals surface area contributed by atoms with E-state index in [1.165, 1.54) is 0 Å². The van der Waals surface area contributed by atoms with Crippen LogP contribution in [-0.4, -0.2) is 41.1 Å². The zero-order valence-corrected chi connectivity index (χ0v) is 12.0. The first-order chi connectivity index (χ1) is 8.42. The van der Waals surface area contributed by atoms with E-state index in [0.717, 1.165) is 19.3 Å². The molecular formula is C14H28N2O2. The number of aliphatic hydroxyl groups is 1. The molecule has 0 radical (unpaired) electrons. The maximum absolute atomic E-state index is 11.9. The Morgan fingerprint density at radius 2 is 2.00 bits per heavy atom. The van der Waals surface area contributed by atoms with Crippen molar-refractivity contribution >= 4 is 5.91 Å². The smallest absolute Gasteiger partial charge is 0.222 e. The van der Waals surface area contributed by atoms with Gasteiger partial charge >= 0.3 is 0 Å². The van der Waals surface area contributed by atoms with Gasteiger partial charge in [-0.1, -0.05) is 27.2 Å². The molecule has 1 fully saturated rings. The number of nitrogens with two attached hydrogens (primary N) is 1. The van der Waals surface area contributed by atoms with Crippen molar-refractivity contribution in [1.29, 1.82) is 0 Å². The van der Waals surface area contributed by atoms with E-state index < -0.39 is 5.60 Å². The minimum absolute atomic E-state index is 0.177. The lowest BCUT2D eigenvalue weighted by atomic mass is 9.82. The molecule has 0 aromatic heterocycles. The molecule has 1 rings (SSSR count). The summed E-state index contributed by atoms with van der Waals surface area (Å²) in [6, 6.07) is 0. The van der Waals surface area contributed by atoms with Crippen LogP contribution in [0, 0.1) is 11.8 Å². The minimum atomic E-state index is -0.656. The van der Waals surface area contributed by atoms with Crippen LogP contribution >= 0.6 is 0 Å². The summed E-state index contributed by atoms with van der Waals surface area (Å²) in [6.45, 7) is 7.83. The molecule has 0 saturated carbocycles. The highest BCUT2D eigenvalue weighted by Crippen LogP contribution is 2.29. The number of likely N-dealkylation sites (tertiary alicyclic amines) is 1. The molecule has 4 nitrogen and oxygen atoms in total. The maximum Gasteiger partial charge on any atom is 0.222 e. The van der Waals surface area contributed by atoms with Crippen LogP contribution in [0.3, 0.4) is 0 Å². The van der Waals surface area contributed by atoms with E-state index in [2.05, 4.69) is 6.92 Å². The van der Waals surface area contributed by atoms with E-state index in [0.29, 0.717) is 32.0 Å². The third kappa shape index (κ3) is 3.69. The Morgan fingerprint density at radius 3 is 2.44 bits per heavy atom. The maximum atomic E-state index is 11.9. The number of hydrogen-bond acceptors (Lipinski definition) is 3. The number of β-amino-alcohol motifs (C(OH)–C–C–N with tert-alkyl or cyclic N) is 1. The highest BCUT2D eigenvalue weighted by molar-refractivity contribution is 5.77. The lowest BCUT2D eigenvalue weighted by Gasteiger charge is -2.49. The zero-order chi connectivity index (χ0) is 13.8. The molecule has 0 spiro atoms. The van der Waals surface area contributed by atoms with Gasteiger partial charge in [0, 0.05) is 6.42 Å². The van der Waals surface area contributed by atoms with Crippen LogP contribution in [0.4, 0.5) is 0 Å². The van der Waals surface area contributed by atoms with Crippen LogP contribution in [0.25, 0.3) is 0 Å². The summed E-state index contributed by atoms with van der Waals surface area (Å²) in [4.78, 5) is 13.7. The second-order valence-electron chi connectivity index (χ2n) is 5.90. The molecule has 0 bridgehead atoms. The average Bonchev–Trinajstić information content (AvgIpc) is 2.29. The fourth-order valence-electron chi connectivity index (χ4n) is 2.43. The van der Waals surface area contributed by atoms with Crippen molar-refractivity contribution in [2.75, 3.05) is 19.6 Å². The number of carbonyl (C=O) groups is 1. The second kappa shape index (κ2) is 6.53. The lowest BCUT2D eigenvalue weighted by Crippen LogP contribution is -2.65. The molecule has 1 unspecified atom stereocenters. The summed E-state index contributed by atoms with van der Waals surface area (Å²) in [7, 11) is 0. The third-order valence-corrected chi connectivity index (χ3v) is 4.28. The third-order valence-electron chi connectivity index (χ3n) is 4.28. The molecule has 0 aromatic rings. The van der Waals surface area contributed by atoms with Gasteiger partial charge in [-0.3, -0.25) is 4.79 Å². The molecule has 0 aliphatic carbocycles. The first-order valence-electron chi connectivity index (χ1n) is 7.13. The van der Waals surface area contributed by atoms with Gasteiger partial charge < -0.3 is 15.7 Å². The van der Waals surface area contributed by atoms with E-state index in [4.69, 9.17) is 5.73 Å². The Labute approximate surface area is 111 Å². The van der Waals surface area contributed by atoms with Gasteiger partial charge in [0.25, 0.3) is 0 Å². The quantitative estimate of drug-likeness (QED) is 0.723. The lowest BCUT2D eigenvalue weighted by molar-refractivity contribution is -0.164. The first-order valence-corrected chi connectivity index (χ1v) is 7.13. The van der Waals surface area contributed by atoms with Crippen molar-refractivity contribution in [3.63, 3.8) is 0 Å². The molecule has 1 heterocycles. The Morgan fingerprint density at radius 1 is 1.39 bits per heavy atom.